The summed E-state index contributed by atoms with van der Waals surface area (Å²) < 4.78 is 0. The van der Waals surface area contributed by atoms with Gasteiger partial charge in [-0.1, -0.05) is 77.8 Å². The molecule has 0 saturated heterocycles. The van der Waals surface area contributed by atoms with Crippen molar-refractivity contribution in [1.29, 1.82) is 0 Å². The van der Waals surface area contributed by atoms with Crippen LogP contribution in [-0.2, 0) is 29.0 Å². The van der Waals surface area contributed by atoms with Crippen molar-refractivity contribution in [1.82, 2.24) is 10.2 Å². The van der Waals surface area contributed by atoms with Gasteiger partial charge in [0.15, 0.2) is 0 Å². The van der Waals surface area contributed by atoms with Gasteiger partial charge in [0, 0.05) is 30.1 Å². The number of likely N-dealkylation sites (N-methyl/N-ethyl adjacent to an activating group) is 1. The van der Waals surface area contributed by atoms with E-state index in [1.165, 1.54) is 0 Å². The maximum Gasteiger partial charge on any atom is 0.242 e. The molecule has 1 N–H and O–H groups in total. The summed E-state index contributed by atoms with van der Waals surface area (Å²) in [7, 11) is 1.58. The molecule has 2 amide bonds. The van der Waals surface area contributed by atoms with E-state index in [0.717, 1.165) is 16.7 Å². The Balaban J connectivity index is 1.93. The first-order chi connectivity index (χ1) is 15.0. The molecule has 0 fully saturated rings. The van der Waals surface area contributed by atoms with E-state index < -0.39 is 6.04 Å². The van der Waals surface area contributed by atoms with Crippen molar-refractivity contribution in [2.24, 2.45) is 0 Å². The molecule has 0 heterocycles. The van der Waals surface area contributed by atoms with E-state index in [2.05, 4.69) is 5.32 Å². The highest BCUT2D eigenvalue weighted by Crippen LogP contribution is 2.19. The van der Waals surface area contributed by atoms with E-state index >= 15 is 0 Å². The first kappa shape index (κ1) is 22.9. The Morgan fingerprint density at radius 3 is 2.16 bits per heavy atom. The number of carbonyl (C=O) groups excluding carboxylic acids is 2. The molecule has 0 unspecified atom stereocenters. The zero-order chi connectivity index (χ0) is 22.2. The van der Waals surface area contributed by atoms with Crippen LogP contribution in [0.1, 0.15) is 16.7 Å². The summed E-state index contributed by atoms with van der Waals surface area (Å²) in [4.78, 5) is 27.9. The minimum atomic E-state index is -0.661. The summed E-state index contributed by atoms with van der Waals surface area (Å²) >= 11 is 12.1. The number of carbonyl (C=O) groups is 2. The van der Waals surface area contributed by atoms with Gasteiger partial charge in [-0.05, 0) is 41.0 Å². The van der Waals surface area contributed by atoms with Crippen LogP contribution in [0, 0.1) is 0 Å². The summed E-state index contributed by atoms with van der Waals surface area (Å²) in [5.41, 5.74) is 2.67. The number of hydrogen-bond donors (Lipinski definition) is 1. The van der Waals surface area contributed by atoms with Crippen molar-refractivity contribution in [2.75, 3.05) is 7.05 Å². The Kier molecular flexibility index (Phi) is 8.10. The molecule has 0 aliphatic carbocycles. The fraction of sp³-hybridized carbons (Fsp3) is 0.200. The Hall–Kier alpha value is -2.82. The zero-order valence-corrected chi connectivity index (χ0v) is 18.7. The minimum Gasteiger partial charge on any atom is -0.357 e. The highest BCUT2D eigenvalue weighted by molar-refractivity contribution is 6.30. The quantitative estimate of drug-likeness (QED) is 0.524. The summed E-state index contributed by atoms with van der Waals surface area (Å²) in [6, 6.07) is 23.5. The molecular weight excluding hydrogens is 431 g/mol. The molecule has 1 atom stereocenters. The second-order valence-corrected chi connectivity index (χ2v) is 8.15. The van der Waals surface area contributed by atoms with Gasteiger partial charge >= 0.3 is 0 Å². The van der Waals surface area contributed by atoms with Crippen molar-refractivity contribution in [2.45, 2.75) is 25.4 Å². The summed E-state index contributed by atoms with van der Waals surface area (Å²) in [6.45, 7) is 0.276. The predicted molar refractivity (Wildman–Crippen MR) is 125 cm³/mol. The molecule has 0 aliphatic heterocycles. The first-order valence-corrected chi connectivity index (χ1v) is 10.8. The average Bonchev–Trinajstić information content (AvgIpc) is 2.78. The van der Waals surface area contributed by atoms with Crippen LogP contribution in [0.5, 0.6) is 0 Å². The molecule has 4 nitrogen and oxygen atoms in total. The van der Waals surface area contributed by atoms with Gasteiger partial charge in [-0.25, -0.2) is 0 Å². The van der Waals surface area contributed by atoms with Crippen molar-refractivity contribution < 1.29 is 9.59 Å². The maximum atomic E-state index is 13.4. The number of benzene rings is 3. The van der Waals surface area contributed by atoms with Crippen LogP contribution in [0.25, 0.3) is 0 Å². The number of nitrogens with one attached hydrogen (secondary N) is 1. The van der Waals surface area contributed by atoms with Crippen LogP contribution in [0.3, 0.4) is 0 Å². The minimum absolute atomic E-state index is 0.146. The van der Waals surface area contributed by atoms with Crippen LogP contribution in [0.2, 0.25) is 10.0 Å². The van der Waals surface area contributed by atoms with E-state index in [0.29, 0.717) is 16.5 Å². The summed E-state index contributed by atoms with van der Waals surface area (Å²) in [6.07, 6.45) is 0.577. The highest BCUT2D eigenvalue weighted by atomic mass is 35.5. The van der Waals surface area contributed by atoms with Crippen molar-refractivity contribution in [3.05, 3.63) is 106 Å². The van der Waals surface area contributed by atoms with Crippen molar-refractivity contribution in [3.63, 3.8) is 0 Å². The van der Waals surface area contributed by atoms with E-state index in [4.69, 9.17) is 23.2 Å². The Bertz CT molecular complexity index is 1020. The van der Waals surface area contributed by atoms with Gasteiger partial charge in [-0.2, -0.15) is 0 Å². The molecule has 3 aromatic rings. The third kappa shape index (κ3) is 6.58. The van der Waals surface area contributed by atoms with E-state index in [9.17, 15) is 9.59 Å². The largest absolute Gasteiger partial charge is 0.357 e. The monoisotopic (exact) mass is 454 g/mol. The number of rotatable bonds is 8. The maximum absolute atomic E-state index is 13.4. The van der Waals surface area contributed by atoms with Crippen LogP contribution in [0.15, 0.2) is 78.9 Å². The Morgan fingerprint density at radius 2 is 1.52 bits per heavy atom. The normalized spacial score (nSPS) is 11.6. The lowest BCUT2D eigenvalue weighted by molar-refractivity contribution is -0.140. The molecule has 31 heavy (non-hydrogen) atoms. The SMILES string of the molecule is CNC(=O)[C@H](Cc1ccccc1)N(Cc1cccc(Cl)c1)C(=O)Cc1ccc(Cl)cc1. The van der Waals surface area contributed by atoms with Crippen molar-refractivity contribution in [3.8, 4) is 0 Å². The van der Waals surface area contributed by atoms with Crippen LogP contribution in [-0.4, -0.2) is 29.8 Å². The number of nitrogens with zero attached hydrogens (tertiary/aromatic N) is 1. The molecule has 160 valence electrons. The molecule has 0 spiro atoms. The molecule has 6 heteroatoms. The van der Waals surface area contributed by atoms with Crippen LogP contribution >= 0.6 is 23.2 Å². The van der Waals surface area contributed by atoms with Crippen LogP contribution < -0.4 is 5.32 Å². The third-order valence-corrected chi connectivity index (χ3v) is 5.52. The van der Waals surface area contributed by atoms with Crippen molar-refractivity contribution >= 4 is 35.0 Å². The van der Waals surface area contributed by atoms with E-state index in [1.807, 2.05) is 60.7 Å². The second kappa shape index (κ2) is 11.0. The van der Waals surface area contributed by atoms with Gasteiger partial charge in [0.25, 0.3) is 0 Å². The third-order valence-electron chi connectivity index (χ3n) is 5.03. The smallest absolute Gasteiger partial charge is 0.242 e. The van der Waals surface area contributed by atoms with Gasteiger partial charge in [-0.15, -0.1) is 0 Å². The number of halogens is 2. The Labute approximate surface area is 192 Å². The van der Waals surface area contributed by atoms with Gasteiger partial charge in [-0.3, -0.25) is 9.59 Å². The lowest BCUT2D eigenvalue weighted by Crippen LogP contribution is -2.50. The highest BCUT2D eigenvalue weighted by Gasteiger charge is 2.29. The van der Waals surface area contributed by atoms with Gasteiger partial charge in [0.1, 0.15) is 6.04 Å². The lowest BCUT2D eigenvalue weighted by Gasteiger charge is -2.31. The summed E-state index contributed by atoms with van der Waals surface area (Å²) in [5.74, 6) is -0.359. The standard InChI is InChI=1S/C25H24Cl2N2O2/c1-28-25(31)23(15-18-6-3-2-4-7-18)29(17-20-8-5-9-22(27)14-20)24(30)16-19-10-12-21(26)13-11-19/h2-14,23H,15-17H2,1H3,(H,28,31)/t23-/m0/s1. The van der Waals surface area contributed by atoms with Gasteiger partial charge < -0.3 is 10.2 Å². The molecule has 0 aromatic heterocycles. The number of hydrogen-bond acceptors (Lipinski definition) is 2. The first-order valence-electron chi connectivity index (χ1n) is 10.00. The molecule has 0 aliphatic rings. The lowest BCUT2D eigenvalue weighted by atomic mass is 10.0. The zero-order valence-electron chi connectivity index (χ0n) is 17.2. The van der Waals surface area contributed by atoms with E-state index in [1.54, 1.807) is 30.1 Å². The molecule has 0 radical (unpaired) electrons. The molecule has 0 bridgehead atoms. The number of amides is 2. The summed E-state index contributed by atoms with van der Waals surface area (Å²) in [5, 5.41) is 3.91. The predicted octanol–water partition coefficient (Wildman–Crippen LogP) is 4.92. The Morgan fingerprint density at radius 1 is 0.839 bits per heavy atom. The molecule has 3 rings (SSSR count). The fourth-order valence-electron chi connectivity index (χ4n) is 3.43. The molecule has 0 saturated carbocycles. The van der Waals surface area contributed by atoms with Gasteiger partial charge in [0.05, 0.1) is 6.42 Å². The molecular formula is C25H24Cl2N2O2. The van der Waals surface area contributed by atoms with Crippen LogP contribution in [0.4, 0.5) is 0 Å². The van der Waals surface area contributed by atoms with Gasteiger partial charge in [0.2, 0.25) is 11.8 Å². The van der Waals surface area contributed by atoms with E-state index in [-0.39, 0.29) is 24.8 Å². The molecule has 3 aromatic carbocycles. The second-order valence-electron chi connectivity index (χ2n) is 7.27. The average molecular weight is 455 g/mol. The fourth-order valence-corrected chi connectivity index (χ4v) is 3.77. The topological polar surface area (TPSA) is 49.4 Å².